The Balaban J connectivity index is 4.50. The quantitative estimate of drug-likeness (QED) is 0.627. The Morgan fingerprint density at radius 2 is 1.75 bits per heavy atom. The zero-order chi connectivity index (χ0) is 9.61. The van der Waals surface area contributed by atoms with E-state index in [0.717, 1.165) is 0 Å². The van der Waals surface area contributed by atoms with Crippen molar-refractivity contribution in [1.29, 1.82) is 0 Å². The second-order valence-electron chi connectivity index (χ2n) is 2.26. The first kappa shape index (κ1) is 11.9. The summed E-state index contributed by atoms with van der Waals surface area (Å²) in [4.78, 5) is 0. The van der Waals surface area contributed by atoms with Crippen molar-refractivity contribution in [3.8, 4) is 0 Å². The predicted molar refractivity (Wildman–Crippen MR) is 50.3 cm³/mol. The molecule has 0 aromatic rings. The van der Waals surface area contributed by atoms with Gasteiger partial charge in [-0.1, -0.05) is 6.08 Å². The molecule has 0 aromatic heterocycles. The van der Waals surface area contributed by atoms with Crippen LogP contribution in [0.2, 0.25) is 0 Å². The third kappa shape index (κ3) is 3.10. The molecule has 0 aliphatic carbocycles. The van der Waals surface area contributed by atoms with Crippen molar-refractivity contribution in [1.82, 2.24) is 0 Å². The molecule has 72 valence electrons. The van der Waals surface area contributed by atoms with Gasteiger partial charge >= 0.3 is 7.60 Å². The highest BCUT2D eigenvalue weighted by atomic mass is 31.2. The Hall–Kier alpha value is -0.110. The van der Waals surface area contributed by atoms with Crippen molar-refractivity contribution < 1.29 is 13.6 Å². The van der Waals surface area contributed by atoms with Gasteiger partial charge in [0.15, 0.2) is 0 Å². The fraction of sp³-hybridized carbons (Fsp3) is 0.750. The van der Waals surface area contributed by atoms with Gasteiger partial charge in [-0.3, -0.25) is 4.57 Å². The largest absolute Gasteiger partial charge is 0.356 e. The molecule has 0 N–H and O–H groups in total. The smallest absolute Gasteiger partial charge is 0.306 e. The Kier molecular flexibility index (Phi) is 5.47. The molecule has 12 heavy (non-hydrogen) atoms. The van der Waals surface area contributed by atoms with Gasteiger partial charge in [0, 0.05) is 5.31 Å². The minimum Gasteiger partial charge on any atom is -0.306 e. The lowest BCUT2D eigenvalue weighted by Crippen LogP contribution is -1.96. The van der Waals surface area contributed by atoms with E-state index < -0.39 is 7.60 Å². The van der Waals surface area contributed by atoms with Crippen molar-refractivity contribution in [2.24, 2.45) is 0 Å². The topological polar surface area (TPSA) is 35.5 Å². The van der Waals surface area contributed by atoms with Gasteiger partial charge in [-0.05, 0) is 27.7 Å². The van der Waals surface area contributed by atoms with E-state index >= 15 is 0 Å². The first-order valence-corrected chi connectivity index (χ1v) is 5.67. The highest BCUT2D eigenvalue weighted by Gasteiger charge is 2.24. The van der Waals surface area contributed by atoms with Crippen molar-refractivity contribution in [2.75, 3.05) is 13.2 Å². The van der Waals surface area contributed by atoms with E-state index in [1.54, 1.807) is 26.8 Å². The fourth-order valence-corrected chi connectivity index (χ4v) is 2.22. The van der Waals surface area contributed by atoms with Crippen LogP contribution >= 0.6 is 7.60 Å². The second-order valence-corrected chi connectivity index (χ2v) is 4.48. The highest BCUT2D eigenvalue weighted by molar-refractivity contribution is 7.58. The normalized spacial score (nSPS) is 13.5. The van der Waals surface area contributed by atoms with E-state index in [2.05, 4.69) is 0 Å². The average molecular weight is 192 g/mol. The average Bonchev–Trinajstić information content (AvgIpc) is 2.04. The van der Waals surface area contributed by atoms with Gasteiger partial charge < -0.3 is 9.05 Å². The molecule has 0 rings (SSSR count). The first-order valence-electron chi connectivity index (χ1n) is 4.13. The molecule has 0 amide bonds. The zero-order valence-electron chi connectivity index (χ0n) is 8.16. The van der Waals surface area contributed by atoms with E-state index in [0.29, 0.717) is 18.5 Å². The molecule has 0 aliphatic rings. The highest BCUT2D eigenvalue weighted by Crippen LogP contribution is 2.55. The van der Waals surface area contributed by atoms with Crippen LogP contribution in [0, 0.1) is 0 Å². The Labute approximate surface area is 74.3 Å². The molecule has 0 saturated carbocycles. The summed E-state index contributed by atoms with van der Waals surface area (Å²) in [7, 11) is -2.95. The summed E-state index contributed by atoms with van der Waals surface area (Å²) in [5, 5.41) is 0.672. The summed E-state index contributed by atoms with van der Waals surface area (Å²) in [6.07, 6.45) is 1.76. The zero-order valence-corrected chi connectivity index (χ0v) is 9.06. The molecule has 3 nitrogen and oxygen atoms in total. The summed E-state index contributed by atoms with van der Waals surface area (Å²) < 4.78 is 22.0. The van der Waals surface area contributed by atoms with Gasteiger partial charge in [-0.2, -0.15) is 0 Å². The molecule has 4 heteroatoms. The molecule has 0 aromatic carbocycles. The molecule has 0 fully saturated rings. The van der Waals surface area contributed by atoms with Crippen molar-refractivity contribution in [3.63, 3.8) is 0 Å². The third-order valence-corrected chi connectivity index (χ3v) is 3.77. The van der Waals surface area contributed by atoms with Gasteiger partial charge in [0.25, 0.3) is 0 Å². The van der Waals surface area contributed by atoms with Crippen LogP contribution in [-0.4, -0.2) is 13.2 Å². The lowest BCUT2D eigenvalue weighted by molar-refractivity contribution is 0.226. The van der Waals surface area contributed by atoms with Crippen molar-refractivity contribution in [2.45, 2.75) is 27.7 Å². The summed E-state index contributed by atoms with van der Waals surface area (Å²) in [6.45, 7) is 7.99. The molecule has 0 heterocycles. The molecule has 0 radical (unpaired) electrons. The maximum absolute atomic E-state index is 11.8. The monoisotopic (exact) mass is 192 g/mol. The van der Waals surface area contributed by atoms with E-state index in [-0.39, 0.29) is 0 Å². The summed E-state index contributed by atoms with van der Waals surface area (Å²) in [5.41, 5.74) is 0. The second kappa shape index (κ2) is 5.52. The Bertz CT molecular complexity index is 188. The van der Waals surface area contributed by atoms with Crippen LogP contribution in [0.15, 0.2) is 11.4 Å². The van der Waals surface area contributed by atoms with Crippen LogP contribution in [0.1, 0.15) is 27.7 Å². The van der Waals surface area contributed by atoms with Gasteiger partial charge in [-0.25, -0.2) is 0 Å². The van der Waals surface area contributed by atoms with Crippen LogP contribution in [0.5, 0.6) is 0 Å². The summed E-state index contributed by atoms with van der Waals surface area (Å²) in [5.74, 6) is 0. The van der Waals surface area contributed by atoms with Crippen LogP contribution < -0.4 is 0 Å². The molecule has 0 unspecified atom stereocenters. The Morgan fingerprint density at radius 3 is 2.00 bits per heavy atom. The first-order chi connectivity index (χ1) is 5.60. The van der Waals surface area contributed by atoms with Gasteiger partial charge in [-0.15, -0.1) is 0 Å². The third-order valence-electron chi connectivity index (χ3n) is 1.45. The van der Waals surface area contributed by atoms with E-state index in [1.807, 2.05) is 6.92 Å². The predicted octanol–water partition coefficient (Wildman–Crippen LogP) is 3.18. The van der Waals surface area contributed by atoms with Crippen molar-refractivity contribution in [3.05, 3.63) is 11.4 Å². The van der Waals surface area contributed by atoms with Crippen LogP contribution in [0.3, 0.4) is 0 Å². The summed E-state index contributed by atoms with van der Waals surface area (Å²) >= 11 is 0. The SMILES string of the molecule is CC=C(C)P(=O)(OCC)OCC. The standard InChI is InChI=1S/C8H17O3P/c1-5-8(4)12(9,10-6-2)11-7-3/h5H,6-7H2,1-4H3. The molecular formula is C8H17O3P. The number of hydrogen-bond acceptors (Lipinski definition) is 3. The number of hydrogen-bond donors (Lipinski definition) is 0. The maximum atomic E-state index is 11.8. The maximum Gasteiger partial charge on any atom is 0.356 e. The molecule has 0 atom stereocenters. The van der Waals surface area contributed by atoms with Gasteiger partial charge in [0.05, 0.1) is 13.2 Å². The van der Waals surface area contributed by atoms with Crippen LogP contribution in [-0.2, 0) is 13.6 Å². The van der Waals surface area contributed by atoms with Crippen LogP contribution in [0.25, 0.3) is 0 Å². The fourth-order valence-electron chi connectivity index (χ4n) is 0.739. The van der Waals surface area contributed by atoms with E-state index in [9.17, 15) is 4.57 Å². The van der Waals surface area contributed by atoms with Gasteiger partial charge in [0.2, 0.25) is 0 Å². The minimum atomic E-state index is -2.95. The van der Waals surface area contributed by atoms with E-state index in [1.165, 1.54) is 0 Å². The number of allylic oxidation sites excluding steroid dienone is 2. The lowest BCUT2D eigenvalue weighted by Gasteiger charge is -2.16. The minimum absolute atomic E-state index is 0.405. The molecule has 0 saturated heterocycles. The van der Waals surface area contributed by atoms with E-state index in [4.69, 9.17) is 9.05 Å². The number of rotatable bonds is 5. The lowest BCUT2D eigenvalue weighted by atomic mass is 10.6. The molecule has 0 bridgehead atoms. The Morgan fingerprint density at radius 1 is 1.33 bits per heavy atom. The molecule has 0 spiro atoms. The van der Waals surface area contributed by atoms with Gasteiger partial charge in [0.1, 0.15) is 0 Å². The summed E-state index contributed by atoms with van der Waals surface area (Å²) in [6, 6.07) is 0. The molecular weight excluding hydrogens is 175 g/mol. The van der Waals surface area contributed by atoms with Crippen LogP contribution in [0.4, 0.5) is 0 Å². The van der Waals surface area contributed by atoms with Crippen molar-refractivity contribution >= 4 is 7.60 Å². The molecule has 0 aliphatic heterocycles.